The highest BCUT2D eigenvalue weighted by molar-refractivity contribution is 5.99. The Kier molecular flexibility index (Phi) is 5.10. The van der Waals surface area contributed by atoms with Crippen LogP contribution in [0.25, 0.3) is 11.2 Å². The van der Waals surface area contributed by atoms with Crippen LogP contribution in [-0.2, 0) is 6.54 Å². The fourth-order valence-corrected chi connectivity index (χ4v) is 2.78. The third kappa shape index (κ3) is 3.48. The monoisotopic (exact) mass is 357 g/mol. The second-order valence-corrected chi connectivity index (χ2v) is 5.97. The molecular formula is C17H19N5O4. The molecule has 0 fully saturated rings. The number of carbonyl (C=O) groups is 1. The van der Waals surface area contributed by atoms with Gasteiger partial charge in [0.15, 0.2) is 16.9 Å². The summed E-state index contributed by atoms with van der Waals surface area (Å²) in [4.78, 5) is 34.6. The molecule has 0 spiro atoms. The minimum Gasteiger partial charge on any atom is -0.396 e. The van der Waals surface area contributed by atoms with Gasteiger partial charge in [-0.1, -0.05) is 30.3 Å². The Hall–Kier alpha value is -3.04. The highest BCUT2D eigenvalue weighted by atomic mass is 16.3. The number of imidazole rings is 1. The second kappa shape index (κ2) is 7.46. The van der Waals surface area contributed by atoms with E-state index in [0.717, 1.165) is 0 Å². The molecule has 0 saturated heterocycles. The molecule has 2 atom stereocenters. The van der Waals surface area contributed by atoms with Crippen molar-refractivity contribution in [3.05, 3.63) is 52.6 Å². The lowest BCUT2D eigenvalue weighted by Gasteiger charge is -2.20. The average molecular weight is 357 g/mol. The van der Waals surface area contributed by atoms with Crippen LogP contribution >= 0.6 is 0 Å². The van der Waals surface area contributed by atoms with Crippen LogP contribution in [0.5, 0.6) is 0 Å². The summed E-state index contributed by atoms with van der Waals surface area (Å²) < 4.78 is 1.60. The van der Waals surface area contributed by atoms with E-state index in [1.165, 1.54) is 6.33 Å². The normalized spacial score (nSPS) is 13.6. The smallest absolute Gasteiger partial charge is 0.280 e. The molecule has 0 saturated carbocycles. The van der Waals surface area contributed by atoms with Crippen LogP contribution in [0.4, 0.5) is 5.95 Å². The van der Waals surface area contributed by atoms with Gasteiger partial charge >= 0.3 is 0 Å². The number of hydrogen-bond acceptors (Lipinski definition) is 7. The van der Waals surface area contributed by atoms with Crippen molar-refractivity contribution >= 4 is 22.9 Å². The molecule has 9 heteroatoms. The van der Waals surface area contributed by atoms with Gasteiger partial charge in [0.2, 0.25) is 5.95 Å². The summed E-state index contributed by atoms with van der Waals surface area (Å²) in [5, 5.41) is 19.9. The summed E-state index contributed by atoms with van der Waals surface area (Å²) >= 11 is 0. The first-order chi connectivity index (χ1) is 12.5. The lowest BCUT2D eigenvalue weighted by Crippen LogP contribution is -2.32. The Morgan fingerprint density at radius 1 is 1.31 bits per heavy atom. The highest BCUT2D eigenvalue weighted by Crippen LogP contribution is 2.17. The molecule has 3 aromatic rings. The first kappa shape index (κ1) is 17.8. The number of nitrogens with one attached hydrogen (secondary N) is 1. The number of hydrogen-bond donors (Lipinski definition) is 4. The Morgan fingerprint density at radius 3 is 2.73 bits per heavy atom. The van der Waals surface area contributed by atoms with Crippen molar-refractivity contribution in [3.8, 4) is 0 Å². The van der Waals surface area contributed by atoms with Crippen molar-refractivity contribution in [2.45, 2.75) is 19.1 Å². The number of nitrogens with zero attached hydrogens (tertiary/aromatic N) is 3. The Bertz CT molecular complexity index is 966. The summed E-state index contributed by atoms with van der Waals surface area (Å²) in [6.07, 6.45) is 0.390. The Labute approximate surface area is 148 Å². The number of Topliss-reactive ketones (excluding diaryl/α,β-unsaturated/α-hetero) is 1. The van der Waals surface area contributed by atoms with Crippen LogP contribution in [0.3, 0.4) is 0 Å². The van der Waals surface area contributed by atoms with Crippen molar-refractivity contribution in [3.63, 3.8) is 0 Å². The van der Waals surface area contributed by atoms with E-state index in [1.54, 1.807) is 34.9 Å². The minimum absolute atomic E-state index is 0.0257. The molecule has 0 aliphatic heterocycles. The van der Waals surface area contributed by atoms with E-state index in [9.17, 15) is 19.8 Å². The van der Waals surface area contributed by atoms with E-state index < -0.39 is 23.4 Å². The van der Waals surface area contributed by atoms with Gasteiger partial charge in [0.1, 0.15) is 6.10 Å². The number of aliphatic hydroxyl groups excluding tert-OH is 2. The van der Waals surface area contributed by atoms with Gasteiger partial charge in [0.25, 0.3) is 5.56 Å². The van der Waals surface area contributed by atoms with Crippen LogP contribution in [0, 0.1) is 5.92 Å². The number of aromatic nitrogens is 4. The number of H-pyrrole nitrogens is 1. The summed E-state index contributed by atoms with van der Waals surface area (Å²) in [7, 11) is 0. The number of aromatic amines is 1. The molecule has 0 aliphatic carbocycles. The highest BCUT2D eigenvalue weighted by Gasteiger charge is 2.26. The molecule has 9 nitrogen and oxygen atoms in total. The second-order valence-electron chi connectivity index (χ2n) is 5.97. The molecule has 3 rings (SSSR count). The largest absolute Gasteiger partial charge is 0.396 e. The van der Waals surface area contributed by atoms with Crippen molar-refractivity contribution in [1.82, 2.24) is 19.5 Å². The van der Waals surface area contributed by atoms with Crippen LogP contribution in [-0.4, -0.2) is 48.2 Å². The molecule has 0 aliphatic rings. The molecule has 1 aromatic carbocycles. The maximum absolute atomic E-state index is 12.4. The molecule has 136 valence electrons. The summed E-state index contributed by atoms with van der Waals surface area (Å²) in [6.45, 7) is -0.0563. The van der Waals surface area contributed by atoms with Gasteiger partial charge in [0.05, 0.1) is 6.33 Å². The van der Waals surface area contributed by atoms with Gasteiger partial charge in [0, 0.05) is 24.6 Å². The number of rotatable bonds is 7. The van der Waals surface area contributed by atoms with E-state index in [-0.39, 0.29) is 24.5 Å². The minimum atomic E-state index is -1.33. The summed E-state index contributed by atoms with van der Waals surface area (Å²) in [6, 6.07) is 8.42. The third-order valence-electron chi connectivity index (χ3n) is 4.24. The SMILES string of the molecule is Nc1nc2c(ncn2CCC(CO)C(O)C(=O)c2ccccc2)c(=O)[nH]1. The predicted octanol–water partition coefficient (Wildman–Crippen LogP) is -0.0558. The standard InChI is InChI=1S/C17H19N5O4/c18-17-20-15-12(16(26)21-17)19-9-22(15)7-6-11(8-23)14(25)13(24)10-4-2-1-3-5-10/h1-5,9,11,14,23,25H,6-8H2,(H3,18,20,21,26). The number of nitrogens with two attached hydrogens (primary N) is 1. The van der Waals surface area contributed by atoms with Crippen LogP contribution in [0.15, 0.2) is 41.5 Å². The van der Waals surface area contributed by atoms with Gasteiger partial charge in [-0.15, -0.1) is 0 Å². The Morgan fingerprint density at radius 2 is 2.04 bits per heavy atom. The summed E-state index contributed by atoms with van der Waals surface area (Å²) in [5.74, 6) is -1.14. The Balaban J connectivity index is 1.75. The van der Waals surface area contributed by atoms with Crippen LogP contribution < -0.4 is 11.3 Å². The molecule has 2 heterocycles. The number of ketones is 1. The zero-order valence-corrected chi connectivity index (χ0v) is 13.9. The van der Waals surface area contributed by atoms with E-state index >= 15 is 0 Å². The van der Waals surface area contributed by atoms with Crippen molar-refractivity contribution < 1.29 is 15.0 Å². The first-order valence-corrected chi connectivity index (χ1v) is 8.10. The van der Waals surface area contributed by atoms with Crippen LogP contribution in [0.2, 0.25) is 0 Å². The fourth-order valence-electron chi connectivity index (χ4n) is 2.78. The molecule has 5 N–H and O–H groups in total. The van der Waals surface area contributed by atoms with E-state index in [1.807, 2.05) is 0 Å². The van der Waals surface area contributed by atoms with E-state index in [4.69, 9.17) is 5.73 Å². The van der Waals surface area contributed by atoms with Gasteiger partial charge in [-0.05, 0) is 6.42 Å². The lowest BCUT2D eigenvalue weighted by molar-refractivity contribution is 0.0440. The fraction of sp³-hybridized carbons (Fsp3) is 0.294. The number of anilines is 1. The first-order valence-electron chi connectivity index (χ1n) is 8.10. The van der Waals surface area contributed by atoms with Crippen molar-refractivity contribution in [2.24, 2.45) is 5.92 Å². The number of aryl methyl sites for hydroxylation is 1. The lowest BCUT2D eigenvalue weighted by atomic mass is 9.93. The molecule has 2 unspecified atom stereocenters. The van der Waals surface area contributed by atoms with Gasteiger partial charge in [-0.2, -0.15) is 4.98 Å². The molecular weight excluding hydrogens is 338 g/mol. The van der Waals surface area contributed by atoms with Crippen molar-refractivity contribution in [1.29, 1.82) is 0 Å². The average Bonchev–Trinajstić information content (AvgIpc) is 3.05. The quantitative estimate of drug-likeness (QED) is 0.433. The number of fused-ring (bicyclic) bond motifs is 1. The maximum atomic E-state index is 12.4. The maximum Gasteiger partial charge on any atom is 0.280 e. The van der Waals surface area contributed by atoms with E-state index in [0.29, 0.717) is 17.8 Å². The third-order valence-corrected chi connectivity index (χ3v) is 4.24. The molecule has 0 bridgehead atoms. The van der Waals surface area contributed by atoms with Crippen molar-refractivity contribution in [2.75, 3.05) is 12.3 Å². The number of benzene rings is 1. The summed E-state index contributed by atoms with van der Waals surface area (Å²) in [5.41, 5.74) is 5.96. The number of nitrogen functional groups attached to an aromatic ring is 1. The van der Waals surface area contributed by atoms with Gasteiger partial charge in [-0.25, -0.2) is 4.98 Å². The zero-order valence-electron chi connectivity index (χ0n) is 13.9. The predicted molar refractivity (Wildman–Crippen MR) is 94.5 cm³/mol. The zero-order chi connectivity index (χ0) is 18.7. The van der Waals surface area contributed by atoms with Gasteiger partial charge in [-0.3, -0.25) is 14.6 Å². The van der Waals surface area contributed by atoms with Gasteiger partial charge < -0.3 is 20.5 Å². The topological polar surface area (TPSA) is 147 Å². The molecule has 0 radical (unpaired) electrons. The number of carbonyl (C=O) groups excluding carboxylic acids is 1. The number of aliphatic hydroxyl groups is 2. The molecule has 2 aromatic heterocycles. The van der Waals surface area contributed by atoms with Crippen LogP contribution in [0.1, 0.15) is 16.8 Å². The molecule has 26 heavy (non-hydrogen) atoms. The molecule has 0 amide bonds. The van der Waals surface area contributed by atoms with E-state index in [2.05, 4.69) is 15.0 Å².